The van der Waals surface area contributed by atoms with E-state index < -0.39 is 134 Å². The Morgan fingerprint density at radius 3 is 1.91 bits per heavy atom. The van der Waals surface area contributed by atoms with Crippen molar-refractivity contribution in [1.29, 1.82) is 0 Å². The van der Waals surface area contributed by atoms with Crippen molar-refractivity contribution >= 4 is 0 Å². The van der Waals surface area contributed by atoms with E-state index in [9.17, 15) is 30.6 Å². The van der Waals surface area contributed by atoms with Gasteiger partial charge in [-0.25, -0.2) is 0 Å². The lowest BCUT2D eigenvalue weighted by Crippen LogP contribution is -2.63. The van der Waals surface area contributed by atoms with Crippen LogP contribution in [0.25, 0.3) is 0 Å². The number of fused-ring (bicyclic) bond motifs is 11. The third-order valence-corrected chi connectivity index (χ3v) is 20.6. The van der Waals surface area contributed by atoms with Gasteiger partial charge in [0.1, 0.15) is 54.4 Å². The van der Waals surface area contributed by atoms with E-state index in [0.717, 1.165) is 6.42 Å². The molecule has 0 aliphatic carbocycles. The highest BCUT2D eigenvalue weighted by molar-refractivity contribution is 5.18. The normalized spacial score (nSPS) is 56.8. The first-order chi connectivity index (χ1) is 38.0. The average Bonchev–Trinajstić information content (AvgIpc) is 3.89. The maximum atomic E-state index is 12.4. The third kappa shape index (κ3) is 10.5. The Morgan fingerprint density at radius 2 is 1.14 bits per heavy atom. The molecule has 13 heterocycles. The van der Waals surface area contributed by atoms with Gasteiger partial charge in [0.25, 0.3) is 0 Å². The Bertz CT molecular complexity index is 2300. The van der Waals surface area contributed by atoms with Gasteiger partial charge in [-0.1, -0.05) is 88.5 Å². The summed E-state index contributed by atoms with van der Waals surface area (Å²) < 4.78 is 89.0. The zero-order valence-electron chi connectivity index (χ0n) is 46.1. The van der Waals surface area contributed by atoms with E-state index >= 15 is 0 Å². The molecular formula is C60H86O19. The molecule has 9 saturated heterocycles. The van der Waals surface area contributed by atoms with Gasteiger partial charge in [0, 0.05) is 43.9 Å². The van der Waals surface area contributed by atoms with Crippen LogP contribution in [-0.4, -0.2) is 220 Å². The Kier molecular flexibility index (Phi) is 15.9. The van der Waals surface area contributed by atoms with Gasteiger partial charge in [0.05, 0.1) is 129 Å². The first kappa shape index (κ1) is 56.1. The highest BCUT2D eigenvalue weighted by Gasteiger charge is 2.63. The fraction of sp³-hybridized carbons (Fsp3) is 0.833. The standard InChI is InChI=1S/C60H86O19/c1-28-19-42-44(22-48-54(76-42)30(3)52(65)58-55(77-48)29(2)31(4)60(79-58)25-33(63)27-67-60)73-46-24-51-59(5,78-47(46)20-28)50(64)23-45-36(74-51)11-7-6-10-35-37(71-45)15-16-39-38(69-35)17-18-40-43(70-39)21-49-57(75-40)53(66)56-41(72-49)12-8-9-34(68-56)14-13-32(62)26-61/h6-9,13-18,28-58,61-66H,10-12,19-27H2,1-5H3/b7-6-,14-13+/t28-,29+,30?,31+,32?,33?,34-,35-,36+,37+,38+,39-,40-,41+,42+,43+,44-,45-,46+,47-,48+,49-,50?,51-,52?,53-,54-,55-,56+,57-,58+,59+,60-/m1/s1. The molecular weight excluding hydrogens is 1020 g/mol. The molecule has 0 bridgehead atoms. The molecule has 19 nitrogen and oxygen atoms in total. The van der Waals surface area contributed by atoms with E-state index in [1.165, 1.54) is 6.08 Å². The van der Waals surface area contributed by atoms with Crippen molar-refractivity contribution in [3.05, 3.63) is 60.8 Å². The predicted octanol–water partition coefficient (Wildman–Crippen LogP) is 2.97. The molecule has 0 aromatic heterocycles. The van der Waals surface area contributed by atoms with Crippen LogP contribution in [0.3, 0.4) is 0 Å². The molecule has 440 valence electrons. The summed E-state index contributed by atoms with van der Waals surface area (Å²) in [6.45, 7) is 10.3. The minimum absolute atomic E-state index is 0.0318. The van der Waals surface area contributed by atoms with Crippen LogP contribution >= 0.6 is 0 Å². The number of ether oxygens (including phenoxy) is 13. The molecule has 13 rings (SSSR count). The summed E-state index contributed by atoms with van der Waals surface area (Å²) in [7, 11) is 0. The van der Waals surface area contributed by atoms with E-state index in [2.05, 4.69) is 32.9 Å². The van der Waals surface area contributed by atoms with Gasteiger partial charge in [-0.2, -0.15) is 0 Å². The van der Waals surface area contributed by atoms with Crippen LogP contribution < -0.4 is 0 Å². The lowest BCUT2D eigenvalue weighted by Gasteiger charge is -2.53. The number of aliphatic hydroxyl groups excluding tert-OH is 6. The van der Waals surface area contributed by atoms with E-state index in [-0.39, 0.29) is 79.1 Å². The molecule has 5 unspecified atom stereocenters. The largest absolute Gasteiger partial charge is 0.393 e. The molecule has 6 N–H and O–H groups in total. The molecule has 0 aromatic rings. The summed E-state index contributed by atoms with van der Waals surface area (Å²) in [5.41, 5.74) is -1.04. The second kappa shape index (κ2) is 22.4. The summed E-state index contributed by atoms with van der Waals surface area (Å²) in [6.07, 6.45) is 10.5. The zero-order chi connectivity index (χ0) is 54.6. The summed E-state index contributed by atoms with van der Waals surface area (Å²) in [5.74, 6) is -1.19. The van der Waals surface area contributed by atoms with Gasteiger partial charge in [-0.05, 0) is 50.9 Å². The van der Waals surface area contributed by atoms with Crippen molar-refractivity contribution in [1.82, 2.24) is 0 Å². The van der Waals surface area contributed by atoms with E-state index in [1.807, 2.05) is 50.3 Å². The Hall–Kier alpha value is -2.06. The summed E-state index contributed by atoms with van der Waals surface area (Å²) >= 11 is 0. The molecule has 79 heavy (non-hydrogen) atoms. The van der Waals surface area contributed by atoms with Gasteiger partial charge in [-0.15, -0.1) is 0 Å². The number of hydrogen-bond acceptors (Lipinski definition) is 19. The van der Waals surface area contributed by atoms with Crippen LogP contribution in [0, 0.1) is 23.7 Å². The average molecular weight is 1110 g/mol. The van der Waals surface area contributed by atoms with E-state index in [1.54, 1.807) is 6.08 Å². The van der Waals surface area contributed by atoms with Crippen molar-refractivity contribution < 1.29 is 92.2 Å². The van der Waals surface area contributed by atoms with Crippen LogP contribution in [0.5, 0.6) is 0 Å². The van der Waals surface area contributed by atoms with Crippen LogP contribution in [0.15, 0.2) is 60.8 Å². The highest BCUT2D eigenvalue weighted by atomic mass is 16.7. The number of aliphatic hydroxyl groups is 6. The minimum Gasteiger partial charge on any atom is -0.393 e. The predicted molar refractivity (Wildman–Crippen MR) is 279 cm³/mol. The van der Waals surface area contributed by atoms with Gasteiger partial charge in [-0.3, -0.25) is 0 Å². The lowest BCUT2D eigenvalue weighted by atomic mass is 9.75. The van der Waals surface area contributed by atoms with Crippen molar-refractivity contribution in [2.45, 2.75) is 275 Å². The molecule has 0 radical (unpaired) electrons. The molecule has 1 spiro atoms. The fourth-order valence-corrected chi connectivity index (χ4v) is 15.9. The SMILES string of the molecule is CC1C(O)[C@@H]2O[C@]3(CC(O)CO3)[C@@H](C)[C@H](C)[C@H]2O[C@H]2C[C@H]3O[C@H]4C[C@H]5O[C@H]6C/C=C\C[C@H]7O[C@H]8C=C[C@H]9O[C@H]%10[C@H](O)[C@H]%11O[C@@H](/C=C/C(O)CO)C=CC[C@@H]%11O[C@@H]%10C[C@@H]9O[C@@H]8C=C[C@@H]7O[C@@H]6CC(O)[C@]5(C)O[C@@H]4C[C@H](C)C[C@@H]3O[C@H]12. The summed E-state index contributed by atoms with van der Waals surface area (Å²) in [4.78, 5) is 0. The fourth-order valence-electron chi connectivity index (χ4n) is 15.9. The van der Waals surface area contributed by atoms with Crippen molar-refractivity contribution in [3.63, 3.8) is 0 Å². The Morgan fingerprint density at radius 1 is 0.519 bits per heavy atom. The van der Waals surface area contributed by atoms with Crippen molar-refractivity contribution in [2.24, 2.45) is 23.7 Å². The smallest absolute Gasteiger partial charge is 0.174 e. The quantitative estimate of drug-likeness (QED) is 0.223. The maximum Gasteiger partial charge on any atom is 0.174 e. The third-order valence-electron chi connectivity index (χ3n) is 20.6. The first-order valence-corrected chi connectivity index (χ1v) is 30.0. The van der Waals surface area contributed by atoms with Crippen LogP contribution in [0.4, 0.5) is 0 Å². The molecule has 9 fully saturated rings. The van der Waals surface area contributed by atoms with E-state index in [0.29, 0.717) is 57.8 Å². The van der Waals surface area contributed by atoms with Crippen molar-refractivity contribution in [2.75, 3.05) is 13.2 Å². The van der Waals surface area contributed by atoms with Gasteiger partial charge in [0.15, 0.2) is 5.79 Å². The van der Waals surface area contributed by atoms with Gasteiger partial charge >= 0.3 is 0 Å². The van der Waals surface area contributed by atoms with Gasteiger partial charge < -0.3 is 92.2 Å². The maximum absolute atomic E-state index is 12.4. The number of hydrogen-bond donors (Lipinski definition) is 6. The molecule has 19 heteroatoms. The van der Waals surface area contributed by atoms with Gasteiger partial charge in [0.2, 0.25) is 0 Å². The summed E-state index contributed by atoms with van der Waals surface area (Å²) in [6, 6.07) is 0. The van der Waals surface area contributed by atoms with E-state index in [4.69, 9.17) is 61.6 Å². The molecule has 0 saturated carbocycles. The van der Waals surface area contributed by atoms with Crippen molar-refractivity contribution in [3.8, 4) is 0 Å². The molecule has 0 aromatic carbocycles. The Balaban J connectivity index is 0.677. The second-order valence-corrected chi connectivity index (χ2v) is 25.9. The number of rotatable bonds is 3. The molecule has 13 aliphatic rings. The van der Waals surface area contributed by atoms with Crippen LogP contribution in [0.1, 0.15) is 98.8 Å². The lowest BCUT2D eigenvalue weighted by molar-refractivity contribution is -0.339. The zero-order valence-corrected chi connectivity index (χ0v) is 46.1. The molecule has 33 atom stereocenters. The Labute approximate surface area is 463 Å². The molecule has 0 amide bonds. The molecule has 13 aliphatic heterocycles. The second-order valence-electron chi connectivity index (χ2n) is 25.9. The topological polar surface area (TPSA) is 241 Å². The summed E-state index contributed by atoms with van der Waals surface area (Å²) in [5, 5.41) is 65.9. The minimum atomic E-state index is -1.04. The van der Waals surface area contributed by atoms with Crippen LogP contribution in [0.2, 0.25) is 0 Å². The highest BCUT2D eigenvalue weighted by Crippen LogP contribution is 2.52. The first-order valence-electron chi connectivity index (χ1n) is 30.0. The monoisotopic (exact) mass is 1110 g/mol. The van der Waals surface area contributed by atoms with Crippen LogP contribution in [-0.2, 0) is 61.6 Å².